The van der Waals surface area contributed by atoms with Crippen LogP contribution in [0.3, 0.4) is 0 Å². The van der Waals surface area contributed by atoms with E-state index in [0.717, 1.165) is 0 Å². The van der Waals surface area contributed by atoms with E-state index in [9.17, 15) is 0 Å². The highest BCUT2D eigenvalue weighted by molar-refractivity contribution is 9.01. The lowest BCUT2D eigenvalue weighted by atomic mass is 10.4. The van der Waals surface area contributed by atoms with E-state index in [1.165, 1.54) is 41.6 Å². The van der Waals surface area contributed by atoms with Gasteiger partial charge in [-0.2, -0.15) is 0 Å². The third-order valence-corrected chi connectivity index (χ3v) is 30.7. The van der Waals surface area contributed by atoms with Crippen molar-refractivity contribution < 1.29 is 0 Å². The van der Waals surface area contributed by atoms with Gasteiger partial charge in [0, 0.05) is 0 Å². The van der Waals surface area contributed by atoms with Gasteiger partial charge in [-0.3, -0.25) is 0 Å². The number of hydrogen-bond acceptors (Lipinski definition) is 0. The predicted molar refractivity (Wildman–Crippen MR) is 70.0 cm³/mol. The molecular weight excluding hydrogens is 220 g/mol. The van der Waals surface area contributed by atoms with Crippen LogP contribution in [0.2, 0.25) is 0 Å². The summed E-state index contributed by atoms with van der Waals surface area (Å²) in [4.78, 5) is 0. The third-order valence-electron chi connectivity index (χ3n) is 2.05. The molecule has 0 aromatic rings. The number of rotatable bonds is 6. The smallest absolute Gasteiger partial charge is 0.0244 e. The summed E-state index contributed by atoms with van der Waals surface area (Å²) in [6, 6.07) is 0. The second-order valence-corrected chi connectivity index (χ2v) is 19.9. The fraction of sp³-hybridized carbons (Fsp3) is 1.00. The molecule has 0 bridgehead atoms. The SMILES string of the molecule is CCCCP1PPP1CCCC. The van der Waals surface area contributed by atoms with E-state index >= 15 is 0 Å². The molecule has 12 heavy (non-hydrogen) atoms. The standard InChI is InChI=1S/C8H20P4/c1-3-5-7-11-9-10-12(11)8-6-4-2/h9-10H,3-8H2,1-2H3. The molecule has 0 radical (unpaired) electrons. The maximum absolute atomic E-state index is 2.33. The molecule has 0 aromatic carbocycles. The van der Waals surface area contributed by atoms with E-state index < -0.39 is 0 Å². The summed E-state index contributed by atoms with van der Waals surface area (Å²) in [7, 11) is 4.12. The average Bonchev–Trinajstić information content (AvgIpc) is 2.04. The molecule has 1 saturated heterocycles. The largest absolute Gasteiger partial charge is 0.0654 e. The molecule has 0 aromatic heterocycles. The van der Waals surface area contributed by atoms with E-state index in [1.54, 1.807) is 12.3 Å². The summed E-state index contributed by atoms with van der Waals surface area (Å²) < 4.78 is 0. The lowest BCUT2D eigenvalue weighted by Gasteiger charge is -2.37. The highest BCUT2D eigenvalue weighted by atomic mass is 33.0. The second-order valence-electron chi connectivity index (χ2n) is 3.18. The monoisotopic (exact) mass is 240 g/mol. The van der Waals surface area contributed by atoms with Crippen LogP contribution in [-0.2, 0) is 0 Å². The third kappa shape index (κ3) is 3.84. The highest BCUT2D eigenvalue weighted by Gasteiger charge is 2.28. The van der Waals surface area contributed by atoms with Gasteiger partial charge in [0.05, 0.1) is 0 Å². The zero-order chi connectivity index (χ0) is 8.81. The van der Waals surface area contributed by atoms with Crippen molar-refractivity contribution in [1.82, 2.24) is 0 Å². The maximum atomic E-state index is 2.33. The van der Waals surface area contributed by atoms with Crippen molar-refractivity contribution in [3.8, 4) is 0 Å². The van der Waals surface area contributed by atoms with Crippen LogP contribution < -0.4 is 0 Å². The van der Waals surface area contributed by atoms with Gasteiger partial charge in [0.2, 0.25) is 0 Å². The first kappa shape index (κ1) is 11.8. The fourth-order valence-corrected chi connectivity index (χ4v) is 26.1. The first-order valence-corrected chi connectivity index (χ1v) is 13.4. The molecule has 0 saturated carbocycles. The molecule has 4 heteroatoms. The first-order chi connectivity index (χ1) is 5.88. The molecule has 1 aliphatic heterocycles. The van der Waals surface area contributed by atoms with E-state index in [1.807, 2.05) is 0 Å². The molecule has 0 nitrogen and oxygen atoms in total. The summed E-state index contributed by atoms with van der Waals surface area (Å²) in [6.45, 7) is 4.66. The molecule has 72 valence electrons. The van der Waals surface area contributed by atoms with Gasteiger partial charge >= 0.3 is 0 Å². The second kappa shape index (κ2) is 7.07. The van der Waals surface area contributed by atoms with E-state index in [0.29, 0.717) is 14.6 Å². The molecule has 0 N–H and O–H groups in total. The molecule has 0 spiro atoms. The minimum atomic E-state index is 0.626. The molecule has 1 rings (SSSR count). The molecule has 1 heterocycles. The Morgan fingerprint density at radius 1 is 0.833 bits per heavy atom. The van der Waals surface area contributed by atoms with Gasteiger partial charge in [-0.15, -0.1) is 0 Å². The van der Waals surface area contributed by atoms with E-state index in [2.05, 4.69) is 13.8 Å². The lowest BCUT2D eigenvalue weighted by Crippen LogP contribution is -1.85. The summed E-state index contributed by atoms with van der Waals surface area (Å²) in [5, 5.41) is 0. The average molecular weight is 240 g/mol. The van der Waals surface area contributed by atoms with Crippen molar-refractivity contribution in [2.75, 3.05) is 12.3 Å². The van der Waals surface area contributed by atoms with Crippen LogP contribution in [0.1, 0.15) is 39.5 Å². The number of unbranched alkanes of at least 4 members (excludes halogenated alkanes) is 2. The van der Waals surface area contributed by atoms with Crippen LogP contribution in [0.15, 0.2) is 0 Å². The topological polar surface area (TPSA) is 0 Å². The van der Waals surface area contributed by atoms with Crippen molar-refractivity contribution in [2.45, 2.75) is 39.5 Å². The van der Waals surface area contributed by atoms with Gasteiger partial charge in [-0.05, 0) is 39.8 Å². The Morgan fingerprint density at radius 3 is 1.50 bits per heavy atom. The molecule has 4 atom stereocenters. The maximum Gasteiger partial charge on any atom is -0.0244 e. The van der Waals surface area contributed by atoms with Crippen LogP contribution >= 0.6 is 30.5 Å². The van der Waals surface area contributed by atoms with Gasteiger partial charge in [-0.25, -0.2) is 0 Å². The Balaban J connectivity index is 2.03. The molecule has 1 aliphatic rings. The minimum Gasteiger partial charge on any atom is -0.0654 e. The zero-order valence-electron chi connectivity index (χ0n) is 8.14. The Labute approximate surface area is 82.7 Å². The Hall–Kier alpha value is 1.72. The summed E-state index contributed by atoms with van der Waals surface area (Å²) >= 11 is 0. The van der Waals surface area contributed by atoms with E-state index in [-0.39, 0.29) is 0 Å². The van der Waals surface area contributed by atoms with Crippen LogP contribution in [-0.4, -0.2) is 12.3 Å². The molecular formula is C8H20P4. The van der Waals surface area contributed by atoms with Gasteiger partial charge < -0.3 is 0 Å². The Bertz CT molecular complexity index is 104. The normalized spacial score (nSPS) is 32.5. The first-order valence-electron chi connectivity index (χ1n) is 4.94. The fourth-order valence-electron chi connectivity index (χ4n) is 1.16. The molecule has 0 aliphatic carbocycles. The molecule has 0 amide bonds. The van der Waals surface area contributed by atoms with Crippen molar-refractivity contribution >= 4 is 30.5 Å². The van der Waals surface area contributed by atoms with Crippen molar-refractivity contribution in [2.24, 2.45) is 0 Å². The highest BCUT2D eigenvalue weighted by Crippen LogP contribution is 3.05. The molecule has 1 fully saturated rings. The van der Waals surface area contributed by atoms with Crippen molar-refractivity contribution in [3.63, 3.8) is 0 Å². The van der Waals surface area contributed by atoms with Gasteiger partial charge in [0.1, 0.15) is 0 Å². The van der Waals surface area contributed by atoms with Crippen molar-refractivity contribution in [3.05, 3.63) is 0 Å². The van der Waals surface area contributed by atoms with E-state index in [4.69, 9.17) is 0 Å². The van der Waals surface area contributed by atoms with Crippen LogP contribution in [0.5, 0.6) is 0 Å². The Kier molecular flexibility index (Phi) is 6.95. The lowest BCUT2D eigenvalue weighted by molar-refractivity contribution is 0.891. The minimum absolute atomic E-state index is 0.626. The number of hydrogen-bond donors (Lipinski definition) is 0. The van der Waals surface area contributed by atoms with Crippen LogP contribution in [0, 0.1) is 0 Å². The Morgan fingerprint density at radius 2 is 1.25 bits per heavy atom. The summed E-state index contributed by atoms with van der Waals surface area (Å²) in [6.07, 6.45) is 9.15. The predicted octanol–water partition coefficient (Wildman–Crippen LogP) is 5.58. The van der Waals surface area contributed by atoms with Gasteiger partial charge in [-0.1, -0.05) is 42.6 Å². The van der Waals surface area contributed by atoms with Crippen molar-refractivity contribution in [1.29, 1.82) is 0 Å². The molecule has 4 unspecified atom stereocenters. The summed E-state index contributed by atoms with van der Waals surface area (Å²) in [5.41, 5.74) is 0. The van der Waals surface area contributed by atoms with Gasteiger partial charge in [0.25, 0.3) is 0 Å². The van der Waals surface area contributed by atoms with Crippen LogP contribution in [0.25, 0.3) is 0 Å². The quantitative estimate of drug-likeness (QED) is 0.531. The summed E-state index contributed by atoms with van der Waals surface area (Å²) in [5.74, 6) is 0. The zero-order valence-corrected chi connectivity index (χ0v) is 11.9. The van der Waals surface area contributed by atoms with Crippen LogP contribution in [0.4, 0.5) is 0 Å². The van der Waals surface area contributed by atoms with Gasteiger partial charge in [0.15, 0.2) is 0 Å².